The fourth-order valence-corrected chi connectivity index (χ4v) is 7.07. The van der Waals surface area contributed by atoms with Crippen LogP contribution >= 0.6 is 7.82 Å². The van der Waals surface area contributed by atoms with Gasteiger partial charge >= 0.3 is 7.82 Å². The molecular formula is C39H81N2O6P. The highest BCUT2D eigenvalue weighted by Gasteiger charge is 2.27. The number of carbonyl (C=O) groups excluding carboxylic acids is 1. The van der Waals surface area contributed by atoms with Gasteiger partial charge in [-0.2, -0.15) is 0 Å². The van der Waals surface area contributed by atoms with Gasteiger partial charge in [0.25, 0.3) is 0 Å². The molecule has 3 atom stereocenters. The van der Waals surface area contributed by atoms with Crippen molar-refractivity contribution in [1.82, 2.24) is 5.32 Å². The SMILES string of the molecule is CCCCCCCCCCCCCCCCCCCC(=O)NC(COP(=O)(O)OCCN)C(O)CCCCCCCCCCCCCC. The molecule has 5 N–H and O–H groups in total. The number of hydrogen-bond donors (Lipinski definition) is 4. The van der Waals surface area contributed by atoms with Gasteiger partial charge in [0.1, 0.15) is 0 Å². The number of aliphatic hydroxyl groups is 1. The number of phosphoric ester groups is 1. The zero-order valence-corrected chi connectivity index (χ0v) is 32.6. The molecule has 0 rings (SSSR count). The van der Waals surface area contributed by atoms with E-state index in [-0.39, 0.29) is 25.7 Å². The fraction of sp³-hybridized carbons (Fsp3) is 0.974. The largest absolute Gasteiger partial charge is 0.472 e. The highest BCUT2D eigenvalue weighted by atomic mass is 31.2. The highest BCUT2D eigenvalue weighted by Crippen LogP contribution is 2.43. The number of nitrogens with one attached hydrogen (secondary N) is 1. The maximum absolute atomic E-state index is 12.7. The lowest BCUT2D eigenvalue weighted by atomic mass is 10.0. The van der Waals surface area contributed by atoms with Crippen LogP contribution in [0.15, 0.2) is 0 Å². The number of carbonyl (C=O) groups is 1. The molecule has 0 aliphatic rings. The number of amides is 1. The number of phosphoric acid groups is 1. The van der Waals surface area contributed by atoms with E-state index < -0.39 is 20.0 Å². The van der Waals surface area contributed by atoms with Crippen LogP contribution in [0.25, 0.3) is 0 Å². The lowest BCUT2D eigenvalue weighted by Gasteiger charge is -2.25. The number of unbranched alkanes of at least 4 members (excludes halogenated alkanes) is 27. The predicted octanol–water partition coefficient (Wildman–Crippen LogP) is 11.1. The Kier molecular flexibility index (Phi) is 35.9. The van der Waals surface area contributed by atoms with Gasteiger partial charge in [-0.15, -0.1) is 0 Å². The van der Waals surface area contributed by atoms with E-state index in [9.17, 15) is 19.4 Å². The summed E-state index contributed by atoms with van der Waals surface area (Å²) in [6.07, 6.45) is 36.7. The van der Waals surface area contributed by atoms with Crippen molar-refractivity contribution in [3.63, 3.8) is 0 Å². The zero-order chi connectivity index (χ0) is 35.4. The van der Waals surface area contributed by atoms with Crippen molar-refractivity contribution in [1.29, 1.82) is 0 Å². The van der Waals surface area contributed by atoms with Crippen molar-refractivity contribution in [3.05, 3.63) is 0 Å². The molecule has 0 saturated heterocycles. The Morgan fingerprint density at radius 1 is 0.604 bits per heavy atom. The van der Waals surface area contributed by atoms with E-state index in [1.807, 2.05) is 0 Å². The van der Waals surface area contributed by atoms with E-state index >= 15 is 0 Å². The van der Waals surface area contributed by atoms with E-state index in [0.29, 0.717) is 12.8 Å². The van der Waals surface area contributed by atoms with Crippen LogP contribution in [-0.4, -0.2) is 47.8 Å². The van der Waals surface area contributed by atoms with Crippen LogP contribution in [0.3, 0.4) is 0 Å². The third-order valence-corrected chi connectivity index (χ3v) is 10.4. The second-order valence-corrected chi connectivity index (χ2v) is 15.7. The van der Waals surface area contributed by atoms with Crippen LogP contribution in [0.5, 0.6) is 0 Å². The molecule has 0 aliphatic heterocycles. The molecule has 0 bridgehead atoms. The van der Waals surface area contributed by atoms with Gasteiger partial charge in [0.15, 0.2) is 0 Å². The monoisotopic (exact) mass is 705 g/mol. The summed E-state index contributed by atoms with van der Waals surface area (Å²) in [4.78, 5) is 22.7. The topological polar surface area (TPSA) is 131 Å². The first kappa shape index (κ1) is 47.5. The third kappa shape index (κ3) is 34.0. The molecule has 48 heavy (non-hydrogen) atoms. The molecule has 0 aromatic heterocycles. The van der Waals surface area contributed by atoms with Gasteiger partial charge in [0.05, 0.1) is 25.4 Å². The summed E-state index contributed by atoms with van der Waals surface area (Å²) in [6.45, 7) is 4.22. The highest BCUT2D eigenvalue weighted by molar-refractivity contribution is 7.47. The second-order valence-electron chi connectivity index (χ2n) is 14.2. The Labute approximate surface area is 297 Å². The van der Waals surface area contributed by atoms with Gasteiger partial charge in [-0.25, -0.2) is 4.57 Å². The van der Waals surface area contributed by atoms with Gasteiger partial charge in [-0.05, 0) is 12.8 Å². The molecule has 0 aromatic rings. The van der Waals surface area contributed by atoms with E-state index in [1.54, 1.807) is 0 Å². The minimum Gasteiger partial charge on any atom is -0.391 e. The molecule has 0 aliphatic carbocycles. The summed E-state index contributed by atoms with van der Waals surface area (Å²) in [6, 6.07) is -0.766. The Morgan fingerprint density at radius 3 is 1.33 bits per heavy atom. The smallest absolute Gasteiger partial charge is 0.391 e. The van der Waals surface area contributed by atoms with Crippen LogP contribution in [0, 0.1) is 0 Å². The van der Waals surface area contributed by atoms with Crippen molar-refractivity contribution in [2.45, 2.75) is 225 Å². The van der Waals surface area contributed by atoms with Gasteiger partial charge < -0.3 is 21.1 Å². The summed E-state index contributed by atoms with van der Waals surface area (Å²) >= 11 is 0. The van der Waals surface area contributed by atoms with Gasteiger partial charge in [-0.1, -0.05) is 194 Å². The van der Waals surface area contributed by atoms with Crippen molar-refractivity contribution < 1.29 is 28.4 Å². The van der Waals surface area contributed by atoms with E-state index in [0.717, 1.165) is 38.5 Å². The summed E-state index contributed by atoms with van der Waals surface area (Å²) in [5.74, 6) is -0.158. The van der Waals surface area contributed by atoms with E-state index in [4.69, 9.17) is 14.8 Å². The Bertz CT molecular complexity index is 729. The van der Waals surface area contributed by atoms with Crippen molar-refractivity contribution in [2.24, 2.45) is 5.73 Å². The minimum atomic E-state index is -4.30. The molecule has 0 heterocycles. The van der Waals surface area contributed by atoms with Gasteiger partial charge in [0, 0.05) is 13.0 Å². The average molecular weight is 705 g/mol. The van der Waals surface area contributed by atoms with Crippen molar-refractivity contribution in [2.75, 3.05) is 19.8 Å². The molecule has 288 valence electrons. The number of aliphatic hydroxyl groups excluding tert-OH is 1. The first-order chi connectivity index (χ1) is 23.4. The van der Waals surface area contributed by atoms with Crippen molar-refractivity contribution in [3.8, 4) is 0 Å². The summed E-state index contributed by atoms with van der Waals surface area (Å²) < 4.78 is 22.1. The molecular weight excluding hydrogens is 623 g/mol. The second kappa shape index (κ2) is 36.3. The maximum Gasteiger partial charge on any atom is 0.472 e. The molecule has 9 heteroatoms. The van der Waals surface area contributed by atoms with Crippen LogP contribution in [0.1, 0.15) is 213 Å². The Morgan fingerprint density at radius 2 is 0.958 bits per heavy atom. The average Bonchev–Trinajstić information content (AvgIpc) is 3.07. The Hall–Kier alpha value is -0.500. The first-order valence-electron chi connectivity index (χ1n) is 20.7. The lowest BCUT2D eigenvalue weighted by molar-refractivity contribution is -0.123. The molecule has 3 unspecified atom stereocenters. The minimum absolute atomic E-state index is 0.0923. The molecule has 0 aromatic carbocycles. The molecule has 0 radical (unpaired) electrons. The molecule has 0 fully saturated rings. The number of nitrogens with two attached hydrogens (primary N) is 1. The number of hydrogen-bond acceptors (Lipinski definition) is 6. The summed E-state index contributed by atoms with van der Waals surface area (Å²) in [5, 5.41) is 13.8. The van der Waals surface area contributed by atoms with Crippen molar-refractivity contribution >= 4 is 13.7 Å². The summed E-state index contributed by atoms with van der Waals surface area (Å²) in [7, 11) is -4.30. The maximum atomic E-state index is 12.7. The normalized spacial score (nSPS) is 14.2. The van der Waals surface area contributed by atoms with E-state index in [2.05, 4.69) is 19.2 Å². The van der Waals surface area contributed by atoms with Crippen LogP contribution in [-0.2, 0) is 18.4 Å². The molecule has 1 amide bonds. The first-order valence-corrected chi connectivity index (χ1v) is 22.1. The zero-order valence-electron chi connectivity index (χ0n) is 31.7. The lowest BCUT2D eigenvalue weighted by Crippen LogP contribution is -2.46. The van der Waals surface area contributed by atoms with Gasteiger partial charge in [0.2, 0.25) is 5.91 Å². The standard InChI is InChI=1S/C39H81N2O6P/c1-3-5-7-9-11-13-15-17-18-19-20-21-23-25-27-29-31-33-39(43)41-37(36-47-48(44,45)46-35-34-40)38(42)32-30-28-26-24-22-16-14-12-10-8-6-4-2/h37-38,42H,3-36,40H2,1-2H3,(H,41,43)(H,44,45). The fourth-order valence-electron chi connectivity index (χ4n) is 6.31. The molecule has 8 nitrogen and oxygen atoms in total. The molecule has 0 saturated carbocycles. The molecule has 0 spiro atoms. The van der Waals surface area contributed by atoms with Crippen LogP contribution in [0.4, 0.5) is 0 Å². The Balaban J connectivity index is 4.13. The predicted molar refractivity (Wildman–Crippen MR) is 203 cm³/mol. The number of rotatable bonds is 39. The third-order valence-electron chi connectivity index (χ3n) is 9.46. The van der Waals surface area contributed by atoms with E-state index in [1.165, 1.54) is 148 Å². The summed E-state index contributed by atoms with van der Waals surface area (Å²) in [5.41, 5.74) is 5.37. The quantitative estimate of drug-likeness (QED) is 0.0370. The van der Waals surface area contributed by atoms with Crippen LogP contribution in [0.2, 0.25) is 0 Å². The van der Waals surface area contributed by atoms with Gasteiger partial charge in [-0.3, -0.25) is 13.8 Å². The van der Waals surface area contributed by atoms with Crippen LogP contribution < -0.4 is 11.1 Å².